The lowest BCUT2D eigenvalue weighted by Gasteiger charge is -2.25. The van der Waals surface area contributed by atoms with Gasteiger partial charge in [-0.2, -0.15) is 0 Å². The van der Waals surface area contributed by atoms with Crippen molar-refractivity contribution in [3.8, 4) is 0 Å². The Labute approximate surface area is 82.8 Å². The zero-order chi connectivity index (χ0) is 9.10. The van der Waals surface area contributed by atoms with Crippen LogP contribution in [0.1, 0.15) is 6.92 Å². The molecule has 13 heavy (non-hydrogen) atoms. The topological polar surface area (TPSA) is 16.1 Å². The van der Waals surface area contributed by atoms with Crippen LogP contribution in [0.3, 0.4) is 0 Å². The summed E-state index contributed by atoms with van der Waals surface area (Å²) in [6, 6.07) is 4.07. The number of pyridine rings is 1. The minimum absolute atomic E-state index is 0.988. The van der Waals surface area contributed by atoms with Crippen molar-refractivity contribution in [2.24, 2.45) is 0 Å². The lowest BCUT2D eigenvalue weighted by molar-refractivity contribution is 1.13. The van der Waals surface area contributed by atoms with Crippen molar-refractivity contribution in [1.29, 1.82) is 0 Å². The zero-order valence-corrected chi connectivity index (χ0v) is 8.42. The first-order chi connectivity index (χ1) is 6.36. The Hall–Kier alpha value is -0.960. The molecule has 0 aliphatic carbocycles. The second kappa shape index (κ2) is 3.83. The molecule has 0 aromatic carbocycles. The quantitative estimate of drug-likeness (QED) is 0.502. The first kappa shape index (κ1) is 8.63. The Bertz CT molecular complexity index is 308. The van der Waals surface area contributed by atoms with Crippen LogP contribution in [0.2, 0.25) is 0 Å². The highest BCUT2D eigenvalue weighted by atomic mass is 32.2. The van der Waals surface area contributed by atoms with Crippen molar-refractivity contribution >= 4 is 17.6 Å². The van der Waals surface area contributed by atoms with Crippen LogP contribution in [0.25, 0.3) is 0 Å². The zero-order valence-electron chi connectivity index (χ0n) is 7.60. The summed E-state index contributed by atoms with van der Waals surface area (Å²) in [5, 5.41) is 0. The Morgan fingerprint density at radius 3 is 3.08 bits per heavy atom. The molecule has 0 N–H and O–H groups in total. The highest BCUT2D eigenvalue weighted by molar-refractivity contribution is 8.00. The SMILES string of the molecule is CC1=CCN(c2cccnc2)SC1. The molecule has 2 nitrogen and oxygen atoms in total. The van der Waals surface area contributed by atoms with Gasteiger partial charge < -0.3 is 4.31 Å². The first-order valence-corrected chi connectivity index (χ1v) is 5.26. The summed E-state index contributed by atoms with van der Waals surface area (Å²) in [6.45, 7) is 3.16. The summed E-state index contributed by atoms with van der Waals surface area (Å²) >= 11 is 1.85. The monoisotopic (exact) mass is 192 g/mol. The van der Waals surface area contributed by atoms with E-state index in [0.29, 0.717) is 0 Å². The number of hydrogen-bond acceptors (Lipinski definition) is 3. The number of nitrogens with zero attached hydrogens (tertiary/aromatic N) is 2. The Kier molecular flexibility index (Phi) is 2.54. The molecule has 0 fully saturated rings. The fourth-order valence-electron chi connectivity index (χ4n) is 1.21. The lowest BCUT2D eigenvalue weighted by Crippen LogP contribution is -2.19. The molecule has 1 aromatic rings. The van der Waals surface area contributed by atoms with E-state index in [9.17, 15) is 0 Å². The van der Waals surface area contributed by atoms with Gasteiger partial charge in [0.15, 0.2) is 0 Å². The van der Waals surface area contributed by atoms with Gasteiger partial charge in [-0.15, -0.1) is 0 Å². The minimum Gasteiger partial charge on any atom is -0.311 e. The molecule has 2 rings (SSSR count). The summed E-state index contributed by atoms with van der Waals surface area (Å²) in [5.74, 6) is 1.09. The summed E-state index contributed by atoms with van der Waals surface area (Å²) in [4.78, 5) is 4.10. The van der Waals surface area contributed by atoms with E-state index in [1.165, 1.54) is 11.3 Å². The minimum atomic E-state index is 0.988. The predicted molar refractivity (Wildman–Crippen MR) is 57.8 cm³/mol. The van der Waals surface area contributed by atoms with Crippen molar-refractivity contribution in [3.05, 3.63) is 36.2 Å². The van der Waals surface area contributed by atoms with Gasteiger partial charge in [-0.3, -0.25) is 4.98 Å². The van der Waals surface area contributed by atoms with Gasteiger partial charge in [-0.25, -0.2) is 0 Å². The molecule has 0 unspecified atom stereocenters. The van der Waals surface area contributed by atoms with E-state index in [1.807, 2.05) is 24.2 Å². The average molecular weight is 192 g/mol. The second-order valence-corrected chi connectivity index (χ2v) is 4.08. The van der Waals surface area contributed by atoms with Crippen molar-refractivity contribution in [2.75, 3.05) is 16.6 Å². The normalized spacial score (nSPS) is 17.0. The van der Waals surface area contributed by atoms with Gasteiger partial charge in [-0.05, 0) is 31.0 Å². The van der Waals surface area contributed by atoms with Gasteiger partial charge in [-0.1, -0.05) is 11.6 Å². The Morgan fingerprint density at radius 1 is 1.54 bits per heavy atom. The standard InChI is InChI=1S/C10H12N2S/c1-9-4-6-12(13-8-9)10-3-2-5-11-7-10/h2-5,7H,6,8H2,1H3. The third kappa shape index (κ3) is 2.04. The third-order valence-electron chi connectivity index (χ3n) is 1.99. The van der Waals surface area contributed by atoms with Gasteiger partial charge in [0, 0.05) is 18.5 Å². The molecular weight excluding hydrogens is 180 g/mol. The summed E-state index contributed by atoms with van der Waals surface area (Å²) in [7, 11) is 0. The van der Waals surface area contributed by atoms with E-state index in [2.05, 4.69) is 28.4 Å². The lowest BCUT2D eigenvalue weighted by atomic mass is 10.3. The van der Waals surface area contributed by atoms with Crippen LogP contribution in [0.4, 0.5) is 5.69 Å². The van der Waals surface area contributed by atoms with Crippen molar-refractivity contribution < 1.29 is 0 Å². The molecule has 0 bridgehead atoms. The van der Waals surface area contributed by atoms with Crippen LogP contribution in [-0.4, -0.2) is 17.3 Å². The second-order valence-electron chi connectivity index (χ2n) is 3.10. The third-order valence-corrected chi connectivity index (χ3v) is 3.24. The van der Waals surface area contributed by atoms with Crippen LogP contribution >= 0.6 is 11.9 Å². The number of rotatable bonds is 1. The van der Waals surface area contributed by atoms with E-state index >= 15 is 0 Å². The Morgan fingerprint density at radius 2 is 2.46 bits per heavy atom. The molecule has 68 valence electrons. The maximum Gasteiger partial charge on any atom is 0.0656 e. The van der Waals surface area contributed by atoms with E-state index in [-0.39, 0.29) is 0 Å². The van der Waals surface area contributed by atoms with E-state index in [0.717, 1.165) is 12.3 Å². The molecular formula is C10H12N2S. The van der Waals surface area contributed by atoms with Gasteiger partial charge in [0.2, 0.25) is 0 Å². The molecule has 1 aromatic heterocycles. The van der Waals surface area contributed by atoms with E-state index in [1.54, 1.807) is 6.20 Å². The molecule has 0 radical (unpaired) electrons. The van der Waals surface area contributed by atoms with Crippen LogP contribution < -0.4 is 4.31 Å². The first-order valence-electron chi connectivity index (χ1n) is 4.32. The summed E-state index contributed by atoms with van der Waals surface area (Å²) in [5.41, 5.74) is 2.65. The van der Waals surface area contributed by atoms with Crippen molar-refractivity contribution in [3.63, 3.8) is 0 Å². The molecule has 0 spiro atoms. The summed E-state index contributed by atoms with van der Waals surface area (Å²) < 4.78 is 2.26. The van der Waals surface area contributed by atoms with Crippen LogP contribution in [0.5, 0.6) is 0 Å². The van der Waals surface area contributed by atoms with E-state index < -0.39 is 0 Å². The fourth-order valence-corrected chi connectivity index (χ4v) is 2.13. The smallest absolute Gasteiger partial charge is 0.0656 e. The fraction of sp³-hybridized carbons (Fsp3) is 0.300. The van der Waals surface area contributed by atoms with Crippen LogP contribution in [0, 0.1) is 0 Å². The molecule has 2 heterocycles. The largest absolute Gasteiger partial charge is 0.311 e. The van der Waals surface area contributed by atoms with Crippen molar-refractivity contribution in [2.45, 2.75) is 6.92 Å². The van der Waals surface area contributed by atoms with Gasteiger partial charge >= 0.3 is 0 Å². The molecule has 0 saturated carbocycles. The van der Waals surface area contributed by atoms with Crippen molar-refractivity contribution in [1.82, 2.24) is 4.98 Å². The highest BCUT2D eigenvalue weighted by Gasteiger charge is 2.10. The van der Waals surface area contributed by atoms with E-state index in [4.69, 9.17) is 0 Å². The highest BCUT2D eigenvalue weighted by Crippen LogP contribution is 2.25. The molecule has 3 heteroatoms. The number of aromatic nitrogens is 1. The van der Waals surface area contributed by atoms with Crippen LogP contribution in [-0.2, 0) is 0 Å². The summed E-state index contributed by atoms with van der Waals surface area (Å²) in [6.07, 6.45) is 5.98. The van der Waals surface area contributed by atoms with Crippen LogP contribution in [0.15, 0.2) is 36.2 Å². The molecule has 0 amide bonds. The van der Waals surface area contributed by atoms with Gasteiger partial charge in [0.1, 0.15) is 0 Å². The molecule has 1 aliphatic rings. The molecule has 0 saturated heterocycles. The number of anilines is 1. The number of hydrogen-bond donors (Lipinski definition) is 0. The molecule has 1 aliphatic heterocycles. The predicted octanol–water partition coefficient (Wildman–Crippen LogP) is 2.50. The maximum atomic E-state index is 4.10. The van der Waals surface area contributed by atoms with Gasteiger partial charge in [0.25, 0.3) is 0 Å². The average Bonchev–Trinajstić information content (AvgIpc) is 2.20. The molecule has 0 atom stereocenters. The van der Waals surface area contributed by atoms with Gasteiger partial charge in [0.05, 0.1) is 11.9 Å². The maximum absolute atomic E-state index is 4.10. The Balaban J connectivity index is 2.12.